The molecule has 1 aromatic heterocycles. The van der Waals surface area contributed by atoms with Gasteiger partial charge in [-0.05, 0) is 38.8 Å². The standard InChI is InChI=1S/C15H21NO2/c1-12-14(11-16-9-5-2-6-10-17)13-7-3-4-8-15(13)18-12/h3-4,7-8,16-17H,2,5-6,9-11H2,1H3. The molecule has 3 nitrogen and oxygen atoms in total. The lowest BCUT2D eigenvalue weighted by Crippen LogP contribution is -2.15. The van der Waals surface area contributed by atoms with E-state index in [0.717, 1.165) is 43.7 Å². The number of rotatable bonds is 7. The van der Waals surface area contributed by atoms with Crippen molar-refractivity contribution in [2.45, 2.75) is 32.7 Å². The number of hydrogen-bond donors (Lipinski definition) is 2. The largest absolute Gasteiger partial charge is 0.461 e. The average Bonchev–Trinajstić information content (AvgIpc) is 2.70. The van der Waals surface area contributed by atoms with Crippen LogP contribution in [0.15, 0.2) is 28.7 Å². The highest BCUT2D eigenvalue weighted by Gasteiger charge is 2.09. The Morgan fingerprint density at radius 3 is 2.83 bits per heavy atom. The molecule has 0 aliphatic heterocycles. The van der Waals surface area contributed by atoms with Gasteiger partial charge in [0.25, 0.3) is 0 Å². The summed E-state index contributed by atoms with van der Waals surface area (Å²) in [5, 5.41) is 13.3. The minimum Gasteiger partial charge on any atom is -0.461 e. The van der Waals surface area contributed by atoms with Gasteiger partial charge in [0, 0.05) is 24.1 Å². The molecule has 0 aliphatic carbocycles. The summed E-state index contributed by atoms with van der Waals surface area (Å²) < 4.78 is 5.72. The summed E-state index contributed by atoms with van der Waals surface area (Å²) in [5.74, 6) is 0.999. The summed E-state index contributed by atoms with van der Waals surface area (Å²) in [5.41, 5.74) is 2.22. The molecule has 0 saturated carbocycles. The van der Waals surface area contributed by atoms with E-state index in [9.17, 15) is 0 Å². The second-order valence-electron chi connectivity index (χ2n) is 4.59. The zero-order valence-electron chi connectivity index (χ0n) is 10.9. The van der Waals surface area contributed by atoms with Gasteiger partial charge in [0.1, 0.15) is 11.3 Å². The highest BCUT2D eigenvalue weighted by Crippen LogP contribution is 2.24. The van der Waals surface area contributed by atoms with Crippen molar-refractivity contribution in [1.82, 2.24) is 5.32 Å². The van der Waals surface area contributed by atoms with Gasteiger partial charge in [-0.3, -0.25) is 0 Å². The molecule has 3 heteroatoms. The number of furan rings is 1. The van der Waals surface area contributed by atoms with Crippen LogP contribution >= 0.6 is 0 Å². The first-order valence-corrected chi connectivity index (χ1v) is 6.61. The molecule has 1 heterocycles. The van der Waals surface area contributed by atoms with Crippen LogP contribution in [0.5, 0.6) is 0 Å². The van der Waals surface area contributed by atoms with Gasteiger partial charge < -0.3 is 14.8 Å². The van der Waals surface area contributed by atoms with E-state index in [1.165, 1.54) is 10.9 Å². The minimum absolute atomic E-state index is 0.297. The lowest BCUT2D eigenvalue weighted by atomic mass is 10.1. The third-order valence-electron chi connectivity index (χ3n) is 3.21. The summed E-state index contributed by atoms with van der Waals surface area (Å²) in [7, 11) is 0. The Morgan fingerprint density at radius 2 is 2.00 bits per heavy atom. The molecule has 0 spiro atoms. The number of aliphatic hydroxyl groups excluding tert-OH is 1. The molecule has 1 aromatic carbocycles. The number of aryl methyl sites for hydroxylation is 1. The monoisotopic (exact) mass is 247 g/mol. The molecule has 0 saturated heterocycles. The van der Waals surface area contributed by atoms with Gasteiger partial charge in [0.2, 0.25) is 0 Å². The molecular weight excluding hydrogens is 226 g/mol. The molecule has 0 atom stereocenters. The predicted octanol–water partition coefficient (Wildman–Crippen LogP) is 2.99. The number of benzene rings is 1. The Morgan fingerprint density at radius 1 is 1.17 bits per heavy atom. The number of nitrogens with one attached hydrogen (secondary N) is 1. The number of para-hydroxylation sites is 1. The van der Waals surface area contributed by atoms with Gasteiger partial charge in [0.15, 0.2) is 0 Å². The van der Waals surface area contributed by atoms with E-state index in [1.54, 1.807) is 0 Å². The summed E-state index contributed by atoms with van der Waals surface area (Å²) in [6, 6.07) is 8.15. The van der Waals surface area contributed by atoms with Crippen LogP contribution in [0, 0.1) is 6.92 Å². The van der Waals surface area contributed by atoms with Crippen molar-refractivity contribution in [3.05, 3.63) is 35.6 Å². The molecular formula is C15H21NO2. The van der Waals surface area contributed by atoms with Crippen molar-refractivity contribution in [2.24, 2.45) is 0 Å². The lowest BCUT2D eigenvalue weighted by Gasteiger charge is -2.04. The molecule has 2 aromatic rings. The highest BCUT2D eigenvalue weighted by molar-refractivity contribution is 5.82. The normalized spacial score (nSPS) is 11.2. The average molecular weight is 247 g/mol. The number of unbranched alkanes of at least 4 members (excludes halogenated alkanes) is 2. The third kappa shape index (κ3) is 3.12. The molecule has 2 rings (SSSR count). The van der Waals surface area contributed by atoms with E-state index in [-0.39, 0.29) is 0 Å². The second kappa shape index (κ2) is 6.57. The highest BCUT2D eigenvalue weighted by atomic mass is 16.3. The summed E-state index contributed by atoms with van der Waals surface area (Å²) in [6.07, 6.45) is 3.08. The first-order valence-electron chi connectivity index (χ1n) is 6.61. The smallest absolute Gasteiger partial charge is 0.134 e. The summed E-state index contributed by atoms with van der Waals surface area (Å²) in [6.45, 7) is 4.15. The Kier molecular flexibility index (Phi) is 4.79. The first-order chi connectivity index (χ1) is 8.83. The molecule has 0 amide bonds. The van der Waals surface area contributed by atoms with Crippen molar-refractivity contribution in [1.29, 1.82) is 0 Å². The van der Waals surface area contributed by atoms with E-state index < -0.39 is 0 Å². The van der Waals surface area contributed by atoms with Crippen molar-refractivity contribution in [2.75, 3.05) is 13.2 Å². The van der Waals surface area contributed by atoms with Crippen LogP contribution in [0.2, 0.25) is 0 Å². The first kappa shape index (κ1) is 13.1. The lowest BCUT2D eigenvalue weighted by molar-refractivity contribution is 0.283. The zero-order chi connectivity index (χ0) is 12.8. The summed E-state index contributed by atoms with van der Waals surface area (Å²) in [4.78, 5) is 0. The molecule has 18 heavy (non-hydrogen) atoms. The number of hydrogen-bond acceptors (Lipinski definition) is 3. The molecule has 0 aliphatic rings. The van der Waals surface area contributed by atoms with Crippen LogP contribution in [0.1, 0.15) is 30.6 Å². The van der Waals surface area contributed by atoms with E-state index >= 15 is 0 Å². The van der Waals surface area contributed by atoms with Gasteiger partial charge in [-0.2, -0.15) is 0 Å². The van der Waals surface area contributed by atoms with Crippen molar-refractivity contribution < 1.29 is 9.52 Å². The minimum atomic E-state index is 0.297. The van der Waals surface area contributed by atoms with Gasteiger partial charge in [-0.15, -0.1) is 0 Å². The molecule has 0 bridgehead atoms. The van der Waals surface area contributed by atoms with Crippen LogP contribution in [0.3, 0.4) is 0 Å². The van der Waals surface area contributed by atoms with E-state index in [2.05, 4.69) is 11.4 Å². The van der Waals surface area contributed by atoms with E-state index in [1.807, 2.05) is 25.1 Å². The third-order valence-corrected chi connectivity index (χ3v) is 3.21. The van der Waals surface area contributed by atoms with Gasteiger partial charge in [-0.1, -0.05) is 18.2 Å². The Labute approximate surface area is 108 Å². The van der Waals surface area contributed by atoms with Crippen LogP contribution in [-0.4, -0.2) is 18.3 Å². The van der Waals surface area contributed by atoms with Crippen LogP contribution < -0.4 is 5.32 Å². The SMILES string of the molecule is Cc1oc2ccccc2c1CNCCCCCO. The van der Waals surface area contributed by atoms with E-state index in [4.69, 9.17) is 9.52 Å². The van der Waals surface area contributed by atoms with E-state index in [0.29, 0.717) is 6.61 Å². The fourth-order valence-electron chi connectivity index (χ4n) is 2.19. The number of aliphatic hydroxyl groups is 1. The number of fused-ring (bicyclic) bond motifs is 1. The van der Waals surface area contributed by atoms with Crippen molar-refractivity contribution in [3.63, 3.8) is 0 Å². The topological polar surface area (TPSA) is 45.4 Å². The molecule has 0 radical (unpaired) electrons. The van der Waals surface area contributed by atoms with Crippen LogP contribution in [-0.2, 0) is 6.54 Å². The van der Waals surface area contributed by atoms with Gasteiger partial charge in [0.05, 0.1) is 0 Å². The summed E-state index contributed by atoms with van der Waals surface area (Å²) >= 11 is 0. The fraction of sp³-hybridized carbons (Fsp3) is 0.467. The Balaban J connectivity index is 1.89. The maximum Gasteiger partial charge on any atom is 0.134 e. The zero-order valence-corrected chi connectivity index (χ0v) is 10.9. The van der Waals surface area contributed by atoms with Crippen molar-refractivity contribution in [3.8, 4) is 0 Å². The quantitative estimate of drug-likeness (QED) is 0.739. The maximum atomic E-state index is 8.69. The van der Waals surface area contributed by atoms with Gasteiger partial charge >= 0.3 is 0 Å². The Hall–Kier alpha value is -1.32. The van der Waals surface area contributed by atoms with Crippen LogP contribution in [0.4, 0.5) is 0 Å². The fourth-order valence-corrected chi connectivity index (χ4v) is 2.19. The molecule has 2 N–H and O–H groups in total. The molecule has 0 unspecified atom stereocenters. The Bertz CT molecular complexity index is 490. The maximum absolute atomic E-state index is 8.69. The molecule has 0 fully saturated rings. The predicted molar refractivity (Wildman–Crippen MR) is 73.6 cm³/mol. The van der Waals surface area contributed by atoms with Gasteiger partial charge in [-0.25, -0.2) is 0 Å². The molecule has 98 valence electrons. The van der Waals surface area contributed by atoms with Crippen LogP contribution in [0.25, 0.3) is 11.0 Å². The second-order valence-corrected chi connectivity index (χ2v) is 4.59. The van der Waals surface area contributed by atoms with Crippen molar-refractivity contribution >= 4 is 11.0 Å².